The third-order valence-electron chi connectivity index (χ3n) is 3.57. The van der Waals surface area contributed by atoms with E-state index < -0.39 is 0 Å². The van der Waals surface area contributed by atoms with Crippen molar-refractivity contribution in [1.29, 1.82) is 0 Å². The monoisotopic (exact) mass is 234 g/mol. The van der Waals surface area contributed by atoms with Crippen LogP contribution in [0.2, 0.25) is 0 Å². The lowest BCUT2D eigenvalue weighted by Gasteiger charge is -2.22. The summed E-state index contributed by atoms with van der Waals surface area (Å²) in [6.07, 6.45) is 1.04. The molecule has 0 saturated heterocycles. The maximum Gasteiger partial charge on any atom is 0.119 e. The number of rotatable bonds is 3. The van der Waals surface area contributed by atoms with Gasteiger partial charge in [0.1, 0.15) is 5.75 Å². The molecule has 0 aliphatic rings. The minimum absolute atomic E-state index is 0.00623. The third kappa shape index (κ3) is 3.76. The van der Waals surface area contributed by atoms with E-state index in [9.17, 15) is 5.11 Å². The molecular weight excluding hydrogens is 208 g/mol. The smallest absolute Gasteiger partial charge is 0.119 e. The maximum absolute atomic E-state index is 10.1. The van der Waals surface area contributed by atoms with Gasteiger partial charge in [0, 0.05) is 0 Å². The van der Waals surface area contributed by atoms with Crippen molar-refractivity contribution in [1.82, 2.24) is 0 Å². The van der Waals surface area contributed by atoms with Crippen molar-refractivity contribution in [3.05, 3.63) is 29.3 Å². The molecule has 0 aromatic heterocycles. The average molecular weight is 234 g/mol. The summed E-state index contributed by atoms with van der Waals surface area (Å²) in [5, 5.41) is 10.1. The van der Waals surface area contributed by atoms with E-state index in [0.29, 0.717) is 17.6 Å². The number of phenolic OH excluding ortho intramolecular Hbond substituents is 1. The zero-order valence-corrected chi connectivity index (χ0v) is 12.0. The van der Waals surface area contributed by atoms with Gasteiger partial charge in [-0.05, 0) is 40.9 Å². The van der Waals surface area contributed by atoms with Crippen LogP contribution in [0.5, 0.6) is 5.75 Å². The number of benzene rings is 1. The number of hydrogen-bond donors (Lipinski definition) is 1. The molecule has 96 valence electrons. The van der Waals surface area contributed by atoms with E-state index in [1.165, 1.54) is 5.56 Å². The van der Waals surface area contributed by atoms with Crippen LogP contribution in [0.3, 0.4) is 0 Å². The molecule has 1 nitrogen and oxygen atoms in total. The van der Waals surface area contributed by atoms with Crippen LogP contribution in [0.1, 0.15) is 52.7 Å². The lowest BCUT2D eigenvalue weighted by molar-refractivity contribution is 0.414. The van der Waals surface area contributed by atoms with Crippen molar-refractivity contribution in [3.8, 4) is 5.75 Å². The molecule has 0 aliphatic heterocycles. The Kier molecular flexibility index (Phi) is 4.24. The third-order valence-corrected chi connectivity index (χ3v) is 3.57. The molecule has 17 heavy (non-hydrogen) atoms. The lowest BCUT2D eigenvalue weighted by Crippen LogP contribution is -2.12. The van der Waals surface area contributed by atoms with Crippen molar-refractivity contribution < 1.29 is 5.11 Å². The molecule has 1 N–H and O–H groups in total. The van der Waals surface area contributed by atoms with Crippen LogP contribution < -0.4 is 0 Å². The first-order valence-corrected chi connectivity index (χ1v) is 6.54. The number of aromatic hydroxyl groups is 1. The molecule has 0 unspecified atom stereocenters. The summed E-state index contributed by atoms with van der Waals surface area (Å²) in [6.45, 7) is 13.1. The standard InChI is InChI=1S/C16H26O/c1-11(2)12(3)9-13-7-8-14(15(17)10-13)16(4,5)6/h7-8,10-12,17H,9H2,1-6H3/t12-/m1/s1. The highest BCUT2D eigenvalue weighted by molar-refractivity contribution is 5.40. The SMILES string of the molecule is CC(C)[C@H](C)Cc1ccc(C(C)(C)C)c(O)c1. The summed E-state index contributed by atoms with van der Waals surface area (Å²) in [5.41, 5.74) is 2.27. The lowest BCUT2D eigenvalue weighted by atomic mass is 9.84. The first-order valence-electron chi connectivity index (χ1n) is 6.54. The second-order valence-electron chi connectivity index (χ2n) is 6.53. The highest BCUT2D eigenvalue weighted by atomic mass is 16.3. The second kappa shape index (κ2) is 5.12. The molecule has 0 saturated carbocycles. The first kappa shape index (κ1) is 14.1. The Balaban J connectivity index is 2.90. The van der Waals surface area contributed by atoms with Gasteiger partial charge < -0.3 is 5.11 Å². The minimum atomic E-state index is 0.00623. The molecule has 1 aromatic carbocycles. The Bertz CT molecular complexity index is 372. The van der Waals surface area contributed by atoms with Crippen molar-refractivity contribution in [3.63, 3.8) is 0 Å². The Labute approximate surface area is 106 Å². The molecular formula is C16H26O. The fourth-order valence-corrected chi connectivity index (χ4v) is 1.95. The van der Waals surface area contributed by atoms with Gasteiger partial charge in [0.15, 0.2) is 0 Å². The number of hydrogen-bond acceptors (Lipinski definition) is 1. The zero-order chi connectivity index (χ0) is 13.2. The van der Waals surface area contributed by atoms with Crippen LogP contribution in [0.25, 0.3) is 0 Å². The summed E-state index contributed by atoms with van der Waals surface area (Å²) in [5.74, 6) is 1.76. The Morgan fingerprint density at radius 2 is 1.71 bits per heavy atom. The van der Waals surface area contributed by atoms with Gasteiger partial charge in [-0.3, -0.25) is 0 Å². The molecule has 0 aliphatic carbocycles. The van der Waals surface area contributed by atoms with E-state index in [-0.39, 0.29) is 5.41 Å². The summed E-state index contributed by atoms with van der Waals surface area (Å²) in [4.78, 5) is 0. The van der Waals surface area contributed by atoms with Crippen molar-refractivity contribution in [2.75, 3.05) is 0 Å². The summed E-state index contributed by atoms with van der Waals surface area (Å²) in [6, 6.07) is 6.15. The van der Waals surface area contributed by atoms with E-state index >= 15 is 0 Å². The maximum atomic E-state index is 10.1. The fraction of sp³-hybridized carbons (Fsp3) is 0.625. The highest BCUT2D eigenvalue weighted by Crippen LogP contribution is 2.32. The molecule has 0 spiro atoms. The van der Waals surface area contributed by atoms with Crippen LogP contribution >= 0.6 is 0 Å². The van der Waals surface area contributed by atoms with Crippen LogP contribution in [-0.4, -0.2) is 5.11 Å². The quantitative estimate of drug-likeness (QED) is 0.815. The summed E-state index contributed by atoms with van der Waals surface area (Å²) in [7, 11) is 0. The van der Waals surface area contributed by atoms with Crippen LogP contribution in [-0.2, 0) is 11.8 Å². The Morgan fingerprint density at radius 3 is 2.12 bits per heavy atom. The van der Waals surface area contributed by atoms with Gasteiger partial charge in [0.25, 0.3) is 0 Å². The highest BCUT2D eigenvalue weighted by Gasteiger charge is 2.18. The van der Waals surface area contributed by atoms with Gasteiger partial charge in [0.2, 0.25) is 0 Å². The van der Waals surface area contributed by atoms with Gasteiger partial charge in [-0.2, -0.15) is 0 Å². The molecule has 0 amide bonds. The largest absolute Gasteiger partial charge is 0.508 e. The Morgan fingerprint density at radius 1 is 1.12 bits per heavy atom. The van der Waals surface area contributed by atoms with Gasteiger partial charge >= 0.3 is 0 Å². The molecule has 1 heteroatoms. The van der Waals surface area contributed by atoms with E-state index in [2.05, 4.69) is 53.7 Å². The van der Waals surface area contributed by atoms with Crippen LogP contribution in [0.4, 0.5) is 0 Å². The molecule has 0 fully saturated rings. The van der Waals surface area contributed by atoms with Crippen LogP contribution in [0.15, 0.2) is 18.2 Å². The fourth-order valence-electron chi connectivity index (χ4n) is 1.95. The molecule has 1 rings (SSSR count). The van der Waals surface area contributed by atoms with E-state index in [1.807, 2.05) is 6.07 Å². The second-order valence-corrected chi connectivity index (χ2v) is 6.53. The van der Waals surface area contributed by atoms with Gasteiger partial charge in [0.05, 0.1) is 0 Å². The van der Waals surface area contributed by atoms with E-state index in [0.717, 1.165) is 12.0 Å². The molecule has 1 aromatic rings. The summed E-state index contributed by atoms with van der Waals surface area (Å²) < 4.78 is 0. The summed E-state index contributed by atoms with van der Waals surface area (Å²) >= 11 is 0. The minimum Gasteiger partial charge on any atom is -0.508 e. The molecule has 0 heterocycles. The molecule has 0 bridgehead atoms. The van der Waals surface area contributed by atoms with Crippen molar-refractivity contribution in [2.45, 2.75) is 53.4 Å². The van der Waals surface area contributed by atoms with Crippen molar-refractivity contribution >= 4 is 0 Å². The molecule has 0 radical (unpaired) electrons. The van der Waals surface area contributed by atoms with Gasteiger partial charge in [-0.1, -0.05) is 53.7 Å². The average Bonchev–Trinajstić information content (AvgIpc) is 2.15. The first-order chi connectivity index (χ1) is 7.71. The predicted molar refractivity (Wildman–Crippen MR) is 74.5 cm³/mol. The van der Waals surface area contributed by atoms with Gasteiger partial charge in [-0.15, -0.1) is 0 Å². The topological polar surface area (TPSA) is 20.2 Å². The molecule has 1 atom stereocenters. The normalized spacial score (nSPS) is 14.1. The van der Waals surface area contributed by atoms with Crippen LogP contribution in [0, 0.1) is 11.8 Å². The van der Waals surface area contributed by atoms with Crippen molar-refractivity contribution in [2.24, 2.45) is 11.8 Å². The van der Waals surface area contributed by atoms with E-state index in [1.54, 1.807) is 0 Å². The van der Waals surface area contributed by atoms with Gasteiger partial charge in [-0.25, -0.2) is 0 Å². The zero-order valence-electron chi connectivity index (χ0n) is 12.0. The van der Waals surface area contributed by atoms with E-state index in [4.69, 9.17) is 0 Å². The number of phenols is 1. The predicted octanol–water partition coefficient (Wildman–Crippen LogP) is 4.52. The Hall–Kier alpha value is -0.980.